The van der Waals surface area contributed by atoms with E-state index in [4.69, 9.17) is 9.84 Å². The Balaban J connectivity index is 1.60. The SMILES string of the molecule is O=C1OC2(CCNCC2)c2c(F)cc(N3CCN(CCO)CC3)cc21. The monoisotopic (exact) mass is 349 g/mol. The molecule has 0 amide bonds. The summed E-state index contributed by atoms with van der Waals surface area (Å²) in [4.78, 5) is 16.7. The molecule has 0 saturated carbocycles. The van der Waals surface area contributed by atoms with Crippen LogP contribution in [0.4, 0.5) is 10.1 Å². The van der Waals surface area contributed by atoms with Crippen LogP contribution in [0.5, 0.6) is 0 Å². The average molecular weight is 349 g/mol. The second kappa shape index (κ2) is 6.55. The van der Waals surface area contributed by atoms with Gasteiger partial charge in [0, 0.05) is 56.8 Å². The molecule has 6 nitrogen and oxygen atoms in total. The van der Waals surface area contributed by atoms with Crippen molar-refractivity contribution in [1.29, 1.82) is 0 Å². The van der Waals surface area contributed by atoms with E-state index in [9.17, 15) is 9.18 Å². The fourth-order valence-electron chi connectivity index (χ4n) is 4.24. The summed E-state index contributed by atoms with van der Waals surface area (Å²) in [5, 5.41) is 12.3. The minimum Gasteiger partial charge on any atom is -0.450 e. The van der Waals surface area contributed by atoms with Crippen molar-refractivity contribution in [2.24, 2.45) is 0 Å². The molecular formula is C18H24FN3O3. The minimum absolute atomic E-state index is 0.149. The molecule has 1 spiro atoms. The Morgan fingerprint density at radius 1 is 1.20 bits per heavy atom. The van der Waals surface area contributed by atoms with Crippen LogP contribution in [0.15, 0.2) is 12.1 Å². The highest BCUT2D eigenvalue weighted by atomic mass is 19.1. The Morgan fingerprint density at radius 2 is 1.92 bits per heavy atom. The number of aliphatic hydroxyl groups is 1. The molecule has 3 aliphatic rings. The molecular weight excluding hydrogens is 325 g/mol. The van der Waals surface area contributed by atoms with Crippen molar-refractivity contribution in [1.82, 2.24) is 10.2 Å². The van der Waals surface area contributed by atoms with E-state index in [2.05, 4.69) is 15.1 Å². The van der Waals surface area contributed by atoms with E-state index in [1.54, 1.807) is 12.1 Å². The topological polar surface area (TPSA) is 65.0 Å². The number of hydrogen-bond acceptors (Lipinski definition) is 6. The van der Waals surface area contributed by atoms with Gasteiger partial charge in [-0.15, -0.1) is 0 Å². The maximum atomic E-state index is 15.0. The first-order chi connectivity index (χ1) is 12.1. The first-order valence-corrected chi connectivity index (χ1v) is 8.99. The molecule has 0 aliphatic carbocycles. The highest BCUT2D eigenvalue weighted by molar-refractivity contribution is 5.96. The molecule has 0 bridgehead atoms. The largest absolute Gasteiger partial charge is 0.450 e. The van der Waals surface area contributed by atoms with Crippen LogP contribution < -0.4 is 10.2 Å². The Labute approximate surface area is 146 Å². The first-order valence-electron chi connectivity index (χ1n) is 8.99. The second-order valence-electron chi connectivity index (χ2n) is 7.04. The smallest absolute Gasteiger partial charge is 0.339 e. The van der Waals surface area contributed by atoms with E-state index in [-0.39, 0.29) is 12.4 Å². The van der Waals surface area contributed by atoms with Crippen LogP contribution >= 0.6 is 0 Å². The van der Waals surface area contributed by atoms with Crippen molar-refractivity contribution in [3.63, 3.8) is 0 Å². The van der Waals surface area contributed by atoms with Crippen molar-refractivity contribution in [2.45, 2.75) is 18.4 Å². The van der Waals surface area contributed by atoms with Crippen LogP contribution in [-0.2, 0) is 10.3 Å². The molecule has 0 atom stereocenters. The van der Waals surface area contributed by atoms with Gasteiger partial charge in [0.15, 0.2) is 0 Å². The lowest BCUT2D eigenvalue weighted by atomic mass is 9.84. The summed E-state index contributed by atoms with van der Waals surface area (Å²) in [5.41, 5.74) is 0.777. The Bertz CT molecular complexity index is 668. The summed E-state index contributed by atoms with van der Waals surface area (Å²) in [6, 6.07) is 3.34. The number of aliphatic hydroxyl groups excluding tert-OH is 1. The maximum absolute atomic E-state index is 15.0. The molecule has 3 heterocycles. The van der Waals surface area contributed by atoms with Crippen molar-refractivity contribution in [3.05, 3.63) is 29.1 Å². The van der Waals surface area contributed by atoms with Crippen molar-refractivity contribution >= 4 is 11.7 Å². The van der Waals surface area contributed by atoms with Crippen LogP contribution in [0.2, 0.25) is 0 Å². The van der Waals surface area contributed by atoms with Crippen LogP contribution in [0.25, 0.3) is 0 Å². The highest BCUT2D eigenvalue weighted by Crippen LogP contribution is 2.45. The summed E-state index contributed by atoms with van der Waals surface area (Å²) >= 11 is 0. The molecule has 1 aromatic carbocycles. The molecule has 0 unspecified atom stereocenters. The normalized spacial score (nSPS) is 23.0. The molecule has 2 N–H and O–H groups in total. The van der Waals surface area contributed by atoms with Gasteiger partial charge < -0.3 is 20.1 Å². The number of halogens is 1. The second-order valence-corrected chi connectivity index (χ2v) is 7.04. The van der Waals surface area contributed by atoms with Gasteiger partial charge in [0.1, 0.15) is 11.4 Å². The Hall–Kier alpha value is -1.70. The van der Waals surface area contributed by atoms with Gasteiger partial charge in [-0.1, -0.05) is 0 Å². The maximum Gasteiger partial charge on any atom is 0.339 e. The van der Waals surface area contributed by atoms with Gasteiger partial charge in [0.25, 0.3) is 0 Å². The lowest BCUT2D eigenvalue weighted by molar-refractivity contribution is -0.0255. The van der Waals surface area contributed by atoms with Crippen LogP contribution in [0.1, 0.15) is 28.8 Å². The van der Waals surface area contributed by atoms with Gasteiger partial charge in [-0.2, -0.15) is 0 Å². The molecule has 4 rings (SSSR count). The first kappa shape index (κ1) is 16.8. The number of ether oxygens (including phenoxy) is 1. The minimum atomic E-state index is -0.792. The lowest BCUT2D eigenvalue weighted by Crippen LogP contribution is -2.47. The molecule has 2 fully saturated rings. The Morgan fingerprint density at radius 3 is 2.60 bits per heavy atom. The summed E-state index contributed by atoms with van der Waals surface area (Å²) in [5.74, 6) is -0.741. The fraction of sp³-hybridized carbons (Fsp3) is 0.611. The number of esters is 1. The summed E-state index contributed by atoms with van der Waals surface area (Å²) in [6.45, 7) is 5.40. The van der Waals surface area contributed by atoms with Crippen molar-refractivity contribution in [2.75, 3.05) is 57.3 Å². The quantitative estimate of drug-likeness (QED) is 0.783. The van der Waals surface area contributed by atoms with Gasteiger partial charge in [-0.3, -0.25) is 4.90 Å². The predicted octanol–water partition coefficient (Wildman–Crippen LogP) is 0.689. The van der Waals surface area contributed by atoms with E-state index in [1.165, 1.54) is 0 Å². The van der Waals surface area contributed by atoms with E-state index in [0.717, 1.165) is 45.0 Å². The van der Waals surface area contributed by atoms with Crippen molar-refractivity contribution < 1.29 is 19.0 Å². The molecule has 7 heteroatoms. The van der Waals surface area contributed by atoms with Crippen LogP contribution in [0.3, 0.4) is 0 Å². The summed E-state index contributed by atoms with van der Waals surface area (Å²) < 4.78 is 20.6. The number of β-amino-alcohol motifs (C(OH)–C–C–N with tert-alkyl or cyclic N) is 1. The molecule has 0 aromatic heterocycles. The van der Waals surface area contributed by atoms with Crippen LogP contribution in [0, 0.1) is 5.82 Å². The number of benzene rings is 1. The summed E-state index contributed by atoms with van der Waals surface area (Å²) in [7, 11) is 0. The number of carbonyl (C=O) groups excluding carboxylic acids is 1. The van der Waals surface area contributed by atoms with E-state index in [0.29, 0.717) is 30.5 Å². The number of rotatable bonds is 3. The number of carbonyl (C=O) groups is 1. The third kappa shape index (κ3) is 2.90. The number of fused-ring (bicyclic) bond motifs is 2. The third-order valence-corrected chi connectivity index (χ3v) is 5.60. The van der Waals surface area contributed by atoms with Gasteiger partial charge >= 0.3 is 5.97 Å². The fourth-order valence-corrected chi connectivity index (χ4v) is 4.24. The Kier molecular flexibility index (Phi) is 4.39. The van der Waals surface area contributed by atoms with E-state index in [1.807, 2.05) is 0 Å². The molecule has 0 radical (unpaired) electrons. The standard InChI is InChI=1S/C18H24FN3O3/c19-15-12-13(22-7-5-21(6-8-22)9-10-23)11-14-16(15)18(25-17(14)24)1-3-20-4-2-18/h11-12,20,23H,1-10H2. The van der Waals surface area contributed by atoms with Gasteiger partial charge in [-0.05, 0) is 25.2 Å². The van der Waals surface area contributed by atoms with E-state index >= 15 is 0 Å². The zero-order valence-electron chi connectivity index (χ0n) is 14.3. The predicted molar refractivity (Wildman–Crippen MR) is 91.3 cm³/mol. The molecule has 25 heavy (non-hydrogen) atoms. The van der Waals surface area contributed by atoms with Crippen LogP contribution in [-0.4, -0.2) is 68.4 Å². The molecule has 2 saturated heterocycles. The highest BCUT2D eigenvalue weighted by Gasteiger charge is 2.48. The number of piperazine rings is 1. The van der Waals surface area contributed by atoms with E-state index < -0.39 is 11.6 Å². The lowest BCUT2D eigenvalue weighted by Gasteiger charge is -2.36. The zero-order valence-corrected chi connectivity index (χ0v) is 14.3. The molecule has 136 valence electrons. The number of anilines is 1. The third-order valence-electron chi connectivity index (χ3n) is 5.60. The van der Waals surface area contributed by atoms with Gasteiger partial charge in [0.2, 0.25) is 0 Å². The number of hydrogen-bond donors (Lipinski definition) is 2. The number of nitrogens with zero attached hydrogens (tertiary/aromatic N) is 2. The van der Waals surface area contributed by atoms with Crippen molar-refractivity contribution in [3.8, 4) is 0 Å². The number of nitrogens with one attached hydrogen (secondary N) is 1. The molecule has 1 aromatic rings. The zero-order chi connectivity index (χ0) is 17.4. The number of piperidine rings is 1. The molecule has 3 aliphatic heterocycles. The summed E-state index contributed by atoms with van der Waals surface area (Å²) in [6.07, 6.45) is 1.23. The average Bonchev–Trinajstić information content (AvgIpc) is 2.88. The van der Waals surface area contributed by atoms with Gasteiger partial charge in [-0.25, -0.2) is 9.18 Å². The van der Waals surface area contributed by atoms with Gasteiger partial charge in [0.05, 0.1) is 12.2 Å².